The summed E-state index contributed by atoms with van der Waals surface area (Å²) in [7, 11) is 4.07. The van der Waals surface area contributed by atoms with E-state index in [0.29, 0.717) is 32.5 Å². The molecule has 2 N–H and O–H groups in total. The second-order valence-corrected chi connectivity index (χ2v) is 8.52. The first-order chi connectivity index (χ1) is 14.9. The van der Waals surface area contributed by atoms with E-state index in [-0.39, 0.29) is 17.9 Å². The third kappa shape index (κ3) is 6.74. The summed E-state index contributed by atoms with van der Waals surface area (Å²) in [6, 6.07) is 16.2. The van der Waals surface area contributed by atoms with Gasteiger partial charge in [0.05, 0.1) is 0 Å². The Balaban J connectivity index is 1.34. The van der Waals surface area contributed by atoms with Crippen LogP contribution < -0.4 is 15.5 Å². The molecule has 1 heterocycles. The van der Waals surface area contributed by atoms with Gasteiger partial charge >= 0.3 is 6.03 Å². The number of nitrogens with one attached hydrogen (secondary N) is 2. The van der Waals surface area contributed by atoms with Crippen molar-refractivity contribution in [2.45, 2.75) is 32.6 Å². The normalized spacial score (nSPS) is 14.2. The van der Waals surface area contributed by atoms with E-state index in [0.717, 1.165) is 24.1 Å². The number of likely N-dealkylation sites (tertiary alicyclic amines) is 1. The van der Waals surface area contributed by atoms with Crippen LogP contribution in [0.2, 0.25) is 0 Å². The van der Waals surface area contributed by atoms with E-state index >= 15 is 0 Å². The molecular formula is C25H34N4O2. The number of benzene rings is 2. The minimum absolute atomic E-state index is 0.0117. The van der Waals surface area contributed by atoms with E-state index in [9.17, 15) is 9.59 Å². The highest BCUT2D eigenvalue weighted by molar-refractivity contribution is 5.89. The summed E-state index contributed by atoms with van der Waals surface area (Å²) >= 11 is 0. The zero-order chi connectivity index (χ0) is 22.2. The third-order valence-corrected chi connectivity index (χ3v) is 5.82. The minimum atomic E-state index is -0.0928. The van der Waals surface area contributed by atoms with Gasteiger partial charge in [0.1, 0.15) is 0 Å². The first kappa shape index (κ1) is 22.7. The lowest BCUT2D eigenvalue weighted by Crippen LogP contribution is -2.44. The van der Waals surface area contributed by atoms with Gasteiger partial charge in [-0.25, -0.2) is 4.79 Å². The number of carbonyl (C=O) groups is 2. The number of piperidine rings is 1. The number of nitrogens with zero attached hydrogens (tertiary/aromatic N) is 2. The second kappa shape index (κ2) is 10.8. The quantitative estimate of drug-likeness (QED) is 0.662. The maximum Gasteiger partial charge on any atom is 0.321 e. The van der Waals surface area contributed by atoms with Gasteiger partial charge in [0, 0.05) is 51.0 Å². The van der Waals surface area contributed by atoms with Crippen molar-refractivity contribution in [3.63, 3.8) is 0 Å². The van der Waals surface area contributed by atoms with Crippen molar-refractivity contribution in [2.24, 2.45) is 5.92 Å². The zero-order valence-electron chi connectivity index (χ0n) is 18.9. The molecule has 31 heavy (non-hydrogen) atoms. The van der Waals surface area contributed by atoms with Gasteiger partial charge in [-0.1, -0.05) is 24.3 Å². The predicted octanol–water partition coefficient (Wildman–Crippen LogP) is 4.05. The van der Waals surface area contributed by atoms with Crippen molar-refractivity contribution >= 4 is 23.3 Å². The van der Waals surface area contributed by atoms with E-state index in [4.69, 9.17) is 0 Å². The number of rotatable bonds is 7. The number of hydrogen-bond acceptors (Lipinski definition) is 3. The largest absolute Gasteiger partial charge is 0.378 e. The number of carbonyl (C=O) groups excluding carboxylic acids is 2. The van der Waals surface area contributed by atoms with Gasteiger partial charge in [-0.15, -0.1) is 0 Å². The lowest BCUT2D eigenvalue weighted by molar-refractivity contribution is -0.126. The van der Waals surface area contributed by atoms with Crippen molar-refractivity contribution in [1.82, 2.24) is 10.2 Å². The van der Waals surface area contributed by atoms with Crippen LogP contribution in [-0.4, -0.2) is 50.6 Å². The van der Waals surface area contributed by atoms with Gasteiger partial charge in [-0.05, 0) is 68.0 Å². The molecule has 0 unspecified atom stereocenters. The number of anilines is 2. The lowest BCUT2D eigenvalue weighted by Gasteiger charge is -2.31. The smallest absolute Gasteiger partial charge is 0.321 e. The second-order valence-electron chi connectivity index (χ2n) is 8.52. The average Bonchev–Trinajstić information content (AvgIpc) is 2.77. The zero-order valence-corrected chi connectivity index (χ0v) is 18.9. The van der Waals surface area contributed by atoms with E-state index in [1.165, 1.54) is 11.3 Å². The van der Waals surface area contributed by atoms with Gasteiger partial charge in [0.15, 0.2) is 0 Å². The number of aryl methyl sites for hydroxylation is 2. The molecule has 6 nitrogen and oxygen atoms in total. The van der Waals surface area contributed by atoms with Crippen molar-refractivity contribution in [3.05, 3.63) is 59.7 Å². The number of amides is 3. The summed E-state index contributed by atoms with van der Waals surface area (Å²) in [6.07, 6.45) is 3.29. The van der Waals surface area contributed by atoms with Crippen LogP contribution in [0, 0.1) is 12.8 Å². The number of urea groups is 1. The SMILES string of the molecule is Cc1cccc(NC(=O)N2CCC(C(=O)NCCCc3ccc(N(C)C)cc3)CC2)c1. The van der Waals surface area contributed by atoms with Crippen LogP contribution in [-0.2, 0) is 11.2 Å². The van der Waals surface area contributed by atoms with E-state index in [1.807, 2.05) is 45.3 Å². The molecule has 0 saturated carbocycles. The molecule has 0 atom stereocenters. The van der Waals surface area contributed by atoms with Gasteiger partial charge in [0.25, 0.3) is 0 Å². The van der Waals surface area contributed by atoms with E-state index in [1.54, 1.807) is 4.90 Å². The predicted molar refractivity (Wildman–Crippen MR) is 127 cm³/mol. The highest BCUT2D eigenvalue weighted by Crippen LogP contribution is 2.19. The Morgan fingerprint density at radius 3 is 2.42 bits per heavy atom. The molecule has 0 bridgehead atoms. The van der Waals surface area contributed by atoms with Crippen LogP contribution >= 0.6 is 0 Å². The van der Waals surface area contributed by atoms with Gasteiger partial charge in [-0.3, -0.25) is 4.79 Å². The standard InChI is InChI=1S/C25H34N4O2/c1-19-6-4-8-22(18-19)27-25(31)29-16-13-21(14-17-29)24(30)26-15-5-7-20-9-11-23(12-10-20)28(2)3/h4,6,8-12,18,21H,5,7,13-17H2,1-3H3,(H,26,30)(H,27,31). The molecule has 1 aliphatic heterocycles. The lowest BCUT2D eigenvalue weighted by atomic mass is 9.96. The van der Waals surface area contributed by atoms with Crippen LogP contribution in [0.15, 0.2) is 48.5 Å². The Morgan fingerprint density at radius 1 is 1.06 bits per heavy atom. The van der Waals surface area contributed by atoms with Crippen molar-refractivity contribution in [1.29, 1.82) is 0 Å². The molecule has 1 aliphatic rings. The molecule has 3 amide bonds. The molecule has 2 aromatic carbocycles. The molecule has 166 valence electrons. The van der Waals surface area contributed by atoms with Crippen LogP contribution in [0.5, 0.6) is 0 Å². The van der Waals surface area contributed by atoms with Crippen molar-refractivity contribution < 1.29 is 9.59 Å². The van der Waals surface area contributed by atoms with Crippen molar-refractivity contribution in [2.75, 3.05) is 43.9 Å². The van der Waals surface area contributed by atoms with Crippen LogP contribution in [0.3, 0.4) is 0 Å². The highest BCUT2D eigenvalue weighted by Gasteiger charge is 2.27. The summed E-state index contributed by atoms with van der Waals surface area (Å²) in [4.78, 5) is 28.8. The van der Waals surface area contributed by atoms with E-state index in [2.05, 4.69) is 39.8 Å². The van der Waals surface area contributed by atoms with Crippen LogP contribution in [0.4, 0.5) is 16.2 Å². The summed E-state index contributed by atoms with van der Waals surface area (Å²) in [5, 5.41) is 6.02. The molecule has 1 saturated heterocycles. The molecule has 2 aromatic rings. The molecule has 0 aromatic heterocycles. The fraction of sp³-hybridized carbons (Fsp3) is 0.440. The maximum atomic E-state index is 12.5. The maximum absolute atomic E-state index is 12.5. The van der Waals surface area contributed by atoms with Crippen molar-refractivity contribution in [3.8, 4) is 0 Å². The van der Waals surface area contributed by atoms with Gasteiger partial charge in [0.2, 0.25) is 5.91 Å². The van der Waals surface area contributed by atoms with Crippen LogP contribution in [0.1, 0.15) is 30.4 Å². The molecule has 1 fully saturated rings. The first-order valence-corrected chi connectivity index (χ1v) is 11.1. The van der Waals surface area contributed by atoms with Crippen LogP contribution in [0.25, 0.3) is 0 Å². The Labute approximate surface area is 185 Å². The Kier molecular flexibility index (Phi) is 7.93. The highest BCUT2D eigenvalue weighted by atomic mass is 16.2. The Morgan fingerprint density at radius 2 is 1.77 bits per heavy atom. The molecule has 3 rings (SSSR count). The molecule has 0 aliphatic carbocycles. The third-order valence-electron chi connectivity index (χ3n) is 5.82. The molecule has 0 spiro atoms. The van der Waals surface area contributed by atoms with Gasteiger partial charge < -0.3 is 20.4 Å². The minimum Gasteiger partial charge on any atom is -0.378 e. The molecular weight excluding hydrogens is 388 g/mol. The fourth-order valence-electron chi connectivity index (χ4n) is 3.88. The average molecular weight is 423 g/mol. The summed E-state index contributed by atoms with van der Waals surface area (Å²) < 4.78 is 0. The number of hydrogen-bond donors (Lipinski definition) is 2. The molecule has 6 heteroatoms. The fourth-order valence-corrected chi connectivity index (χ4v) is 3.88. The Hall–Kier alpha value is -3.02. The van der Waals surface area contributed by atoms with Gasteiger partial charge in [-0.2, -0.15) is 0 Å². The Bertz CT molecular complexity index is 871. The van der Waals surface area contributed by atoms with E-state index < -0.39 is 0 Å². The molecule has 0 radical (unpaired) electrons. The summed E-state index contributed by atoms with van der Waals surface area (Å²) in [5.74, 6) is 0.101. The summed E-state index contributed by atoms with van der Waals surface area (Å²) in [5.41, 5.74) is 4.39. The topological polar surface area (TPSA) is 64.7 Å². The first-order valence-electron chi connectivity index (χ1n) is 11.1. The summed E-state index contributed by atoms with van der Waals surface area (Å²) in [6.45, 7) is 3.89. The monoisotopic (exact) mass is 422 g/mol.